The fourth-order valence-corrected chi connectivity index (χ4v) is 2.31. The standard InChI is InChI=1S/C10H18FNO2/c11-5-6-12-9-1-3-10(4-2-9)13-7-8-14-10/h9,12H,1-8H2. The minimum Gasteiger partial charge on any atom is -0.348 e. The third-order valence-corrected chi connectivity index (χ3v) is 3.09. The first-order valence-corrected chi connectivity index (χ1v) is 5.42. The van der Waals surface area contributed by atoms with Gasteiger partial charge in [-0.05, 0) is 12.8 Å². The van der Waals surface area contributed by atoms with Crippen molar-refractivity contribution in [1.29, 1.82) is 0 Å². The fourth-order valence-electron chi connectivity index (χ4n) is 2.31. The summed E-state index contributed by atoms with van der Waals surface area (Å²) in [4.78, 5) is 0. The van der Waals surface area contributed by atoms with E-state index >= 15 is 0 Å². The van der Waals surface area contributed by atoms with Crippen molar-refractivity contribution in [3.05, 3.63) is 0 Å². The van der Waals surface area contributed by atoms with Gasteiger partial charge in [-0.2, -0.15) is 0 Å². The summed E-state index contributed by atoms with van der Waals surface area (Å²) in [6.45, 7) is 1.64. The highest BCUT2D eigenvalue weighted by atomic mass is 19.1. The van der Waals surface area contributed by atoms with E-state index in [1.807, 2.05) is 0 Å². The van der Waals surface area contributed by atoms with Crippen LogP contribution in [0.25, 0.3) is 0 Å². The summed E-state index contributed by atoms with van der Waals surface area (Å²) < 4.78 is 23.2. The number of hydrogen-bond acceptors (Lipinski definition) is 3. The molecule has 0 amide bonds. The van der Waals surface area contributed by atoms with Crippen LogP contribution in [0.5, 0.6) is 0 Å². The normalized spacial score (nSPS) is 27.2. The third-order valence-electron chi connectivity index (χ3n) is 3.09. The summed E-state index contributed by atoms with van der Waals surface area (Å²) in [5.74, 6) is -0.284. The molecule has 2 fully saturated rings. The van der Waals surface area contributed by atoms with Crippen molar-refractivity contribution in [2.75, 3.05) is 26.4 Å². The largest absolute Gasteiger partial charge is 0.348 e. The van der Waals surface area contributed by atoms with E-state index in [2.05, 4.69) is 5.32 Å². The summed E-state index contributed by atoms with van der Waals surface area (Å²) in [6, 6.07) is 0.448. The van der Waals surface area contributed by atoms with E-state index in [-0.39, 0.29) is 12.5 Å². The maximum Gasteiger partial charge on any atom is 0.168 e. The highest BCUT2D eigenvalue weighted by Gasteiger charge is 2.39. The average molecular weight is 203 g/mol. The second-order valence-electron chi connectivity index (χ2n) is 4.02. The molecule has 3 nitrogen and oxygen atoms in total. The highest BCUT2D eigenvalue weighted by molar-refractivity contribution is 4.85. The molecule has 2 rings (SSSR count). The Bertz CT molecular complexity index is 173. The number of alkyl halides is 1. The average Bonchev–Trinajstić information content (AvgIpc) is 2.66. The fraction of sp³-hybridized carbons (Fsp3) is 1.00. The van der Waals surface area contributed by atoms with Crippen LogP contribution in [0.3, 0.4) is 0 Å². The summed E-state index contributed by atoms with van der Waals surface area (Å²) >= 11 is 0. The Morgan fingerprint density at radius 2 is 1.86 bits per heavy atom. The van der Waals surface area contributed by atoms with Gasteiger partial charge in [0.15, 0.2) is 5.79 Å². The lowest BCUT2D eigenvalue weighted by Gasteiger charge is -2.35. The molecule has 0 atom stereocenters. The van der Waals surface area contributed by atoms with Crippen molar-refractivity contribution in [3.63, 3.8) is 0 Å². The predicted octanol–water partition coefficient (Wildman–Crippen LogP) is 1.23. The maximum atomic E-state index is 11.9. The third kappa shape index (κ3) is 2.24. The molecule has 4 heteroatoms. The molecule has 14 heavy (non-hydrogen) atoms. The Morgan fingerprint density at radius 3 is 2.43 bits per heavy atom. The molecule has 1 heterocycles. The zero-order chi connectivity index (χ0) is 9.86. The molecule has 0 bridgehead atoms. The van der Waals surface area contributed by atoms with Crippen LogP contribution in [0.4, 0.5) is 4.39 Å². The number of nitrogens with one attached hydrogen (secondary N) is 1. The zero-order valence-corrected chi connectivity index (χ0v) is 8.43. The van der Waals surface area contributed by atoms with E-state index in [1.165, 1.54) is 0 Å². The monoisotopic (exact) mass is 203 g/mol. The van der Waals surface area contributed by atoms with Crippen molar-refractivity contribution in [1.82, 2.24) is 5.32 Å². The molecule has 0 aromatic heterocycles. The van der Waals surface area contributed by atoms with Crippen LogP contribution in [0.15, 0.2) is 0 Å². The Kier molecular flexibility index (Phi) is 3.36. The Morgan fingerprint density at radius 1 is 1.21 bits per heavy atom. The quantitative estimate of drug-likeness (QED) is 0.748. The summed E-state index contributed by atoms with van der Waals surface area (Å²) in [7, 11) is 0. The van der Waals surface area contributed by atoms with E-state index in [1.54, 1.807) is 0 Å². The van der Waals surface area contributed by atoms with Crippen molar-refractivity contribution in [3.8, 4) is 0 Å². The smallest absolute Gasteiger partial charge is 0.168 e. The second-order valence-corrected chi connectivity index (χ2v) is 4.02. The van der Waals surface area contributed by atoms with Crippen molar-refractivity contribution >= 4 is 0 Å². The lowest BCUT2D eigenvalue weighted by Crippen LogP contribution is -2.42. The second kappa shape index (κ2) is 4.55. The van der Waals surface area contributed by atoms with Crippen LogP contribution < -0.4 is 5.32 Å². The molecule has 1 spiro atoms. The minimum atomic E-state index is -0.284. The van der Waals surface area contributed by atoms with Crippen LogP contribution in [0.1, 0.15) is 25.7 Å². The van der Waals surface area contributed by atoms with Gasteiger partial charge in [-0.15, -0.1) is 0 Å². The minimum absolute atomic E-state index is 0.283. The molecule has 0 radical (unpaired) electrons. The number of ether oxygens (including phenoxy) is 2. The Hall–Kier alpha value is -0.190. The van der Waals surface area contributed by atoms with E-state index in [0.29, 0.717) is 12.6 Å². The summed E-state index contributed by atoms with van der Waals surface area (Å²) in [5, 5.41) is 3.19. The molecule has 1 saturated heterocycles. The predicted molar refractivity (Wildman–Crippen MR) is 50.9 cm³/mol. The number of hydrogen-bond donors (Lipinski definition) is 1. The molecule has 1 aliphatic carbocycles. The first-order chi connectivity index (χ1) is 6.85. The first kappa shape index (κ1) is 10.3. The van der Waals surface area contributed by atoms with Gasteiger partial charge in [0, 0.05) is 25.4 Å². The van der Waals surface area contributed by atoms with E-state index < -0.39 is 0 Å². The number of halogens is 1. The van der Waals surface area contributed by atoms with Crippen molar-refractivity contribution in [2.45, 2.75) is 37.5 Å². The highest BCUT2D eigenvalue weighted by Crippen LogP contribution is 2.35. The van der Waals surface area contributed by atoms with Gasteiger partial charge >= 0.3 is 0 Å². The molecular formula is C10H18FNO2. The molecular weight excluding hydrogens is 185 g/mol. The topological polar surface area (TPSA) is 30.5 Å². The first-order valence-electron chi connectivity index (χ1n) is 5.42. The van der Waals surface area contributed by atoms with E-state index in [4.69, 9.17) is 9.47 Å². The van der Waals surface area contributed by atoms with Gasteiger partial charge in [0.1, 0.15) is 6.67 Å². The van der Waals surface area contributed by atoms with Crippen LogP contribution in [-0.2, 0) is 9.47 Å². The lowest BCUT2D eigenvalue weighted by molar-refractivity contribution is -0.179. The summed E-state index contributed by atoms with van der Waals surface area (Å²) in [6.07, 6.45) is 3.94. The lowest BCUT2D eigenvalue weighted by atomic mass is 9.90. The summed E-state index contributed by atoms with van der Waals surface area (Å²) in [5.41, 5.74) is 0. The molecule has 0 unspecified atom stereocenters. The van der Waals surface area contributed by atoms with E-state index in [9.17, 15) is 4.39 Å². The molecule has 1 aliphatic heterocycles. The SMILES string of the molecule is FCCNC1CCC2(CC1)OCCO2. The molecule has 1 saturated carbocycles. The van der Waals surface area contributed by atoms with Gasteiger partial charge < -0.3 is 14.8 Å². The molecule has 82 valence electrons. The van der Waals surface area contributed by atoms with Crippen LogP contribution in [0, 0.1) is 0 Å². The van der Waals surface area contributed by atoms with Crippen molar-refractivity contribution in [2.24, 2.45) is 0 Å². The molecule has 2 aliphatic rings. The Balaban J connectivity index is 1.74. The van der Waals surface area contributed by atoms with Gasteiger partial charge in [0.2, 0.25) is 0 Å². The zero-order valence-electron chi connectivity index (χ0n) is 8.43. The molecule has 0 aromatic carbocycles. The molecule has 1 N–H and O–H groups in total. The van der Waals surface area contributed by atoms with Gasteiger partial charge in [-0.25, -0.2) is 4.39 Å². The van der Waals surface area contributed by atoms with Gasteiger partial charge in [0.25, 0.3) is 0 Å². The van der Waals surface area contributed by atoms with E-state index in [0.717, 1.165) is 38.9 Å². The van der Waals surface area contributed by atoms with Crippen LogP contribution in [-0.4, -0.2) is 38.3 Å². The van der Waals surface area contributed by atoms with Crippen LogP contribution >= 0.6 is 0 Å². The number of rotatable bonds is 3. The Labute approximate surface area is 84.0 Å². The molecule has 0 aromatic rings. The van der Waals surface area contributed by atoms with Crippen LogP contribution in [0.2, 0.25) is 0 Å². The maximum absolute atomic E-state index is 11.9. The van der Waals surface area contributed by atoms with Crippen molar-refractivity contribution < 1.29 is 13.9 Å². The van der Waals surface area contributed by atoms with Gasteiger partial charge in [0.05, 0.1) is 13.2 Å². The van der Waals surface area contributed by atoms with Gasteiger partial charge in [-0.1, -0.05) is 0 Å². The van der Waals surface area contributed by atoms with Gasteiger partial charge in [-0.3, -0.25) is 0 Å².